The van der Waals surface area contributed by atoms with E-state index in [4.69, 9.17) is 4.74 Å². The van der Waals surface area contributed by atoms with Gasteiger partial charge in [0.2, 0.25) is 5.88 Å². The van der Waals surface area contributed by atoms with Gasteiger partial charge >= 0.3 is 0 Å². The number of benzene rings is 1. The topological polar surface area (TPSA) is 113 Å². The Morgan fingerprint density at radius 2 is 1.94 bits per heavy atom. The van der Waals surface area contributed by atoms with Crippen LogP contribution in [0.4, 0.5) is 4.39 Å². The van der Waals surface area contributed by atoms with Gasteiger partial charge in [-0.25, -0.2) is 14.4 Å². The number of hydrogen-bond donors (Lipinski definition) is 3. The SMILES string of the molecule is CCC(CO)(CCCCCc1c(F)cnc2ccc(OC)nc12)NCc1nc2ccccc2[nH]c1=O. The summed E-state index contributed by atoms with van der Waals surface area (Å²) >= 11 is 0. The number of methoxy groups -OCH3 is 1. The molecule has 8 nitrogen and oxygen atoms in total. The fraction of sp³-hybridized carbons (Fsp3) is 0.407. The first-order chi connectivity index (χ1) is 17.5. The molecule has 0 aliphatic heterocycles. The molecule has 0 saturated carbocycles. The number of pyridine rings is 2. The van der Waals surface area contributed by atoms with E-state index < -0.39 is 5.54 Å². The van der Waals surface area contributed by atoms with Crippen LogP contribution in [0.1, 0.15) is 50.3 Å². The molecule has 1 aromatic carbocycles. The number of nitrogens with zero attached hydrogens (tertiary/aromatic N) is 3. The lowest BCUT2D eigenvalue weighted by atomic mass is 9.89. The fourth-order valence-electron chi connectivity index (χ4n) is 4.47. The number of aromatic amines is 1. The standard InChI is InChI=1S/C27H32FN5O3/c1-3-27(17-34,30-16-23-26(35)32-21-11-7-6-10-20(21)31-23)14-8-4-5-9-18-19(28)15-29-22-12-13-24(36-2)33-25(18)22/h6-7,10-13,15,30,34H,3-5,8-9,14,16-17H2,1-2H3,(H,32,35). The van der Waals surface area contributed by atoms with Gasteiger partial charge in [0.1, 0.15) is 11.5 Å². The zero-order chi connectivity index (χ0) is 25.5. The zero-order valence-electron chi connectivity index (χ0n) is 20.7. The summed E-state index contributed by atoms with van der Waals surface area (Å²) in [5, 5.41) is 13.6. The predicted molar refractivity (Wildman–Crippen MR) is 138 cm³/mol. The Balaban J connectivity index is 1.36. The molecule has 190 valence electrons. The number of nitrogens with one attached hydrogen (secondary N) is 2. The van der Waals surface area contributed by atoms with E-state index in [0.717, 1.165) is 31.2 Å². The normalized spacial score (nSPS) is 13.2. The van der Waals surface area contributed by atoms with Gasteiger partial charge in [-0.05, 0) is 43.9 Å². The van der Waals surface area contributed by atoms with Gasteiger partial charge in [0.15, 0.2) is 0 Å². The van der Waals surface area contributed by atoms with Gasteiger partial charge in [0.25, 0.3) is 5.56 Å². The Labute approximate surface area is 209 Å². The van der Waals surface area contributed by atoms with Crippen molar-refractivity contribution in [1.29, 1.82) is 0 Å². The molecule has 1 atom stereocenters. The molecular formula is C27H32FN5O3. The number of aryl methyl sites for hydroxylation is 1. The van der Waals surface area contributed by atoms with E-state index in [-0.39, 0.29) is 24.5 Å². The van der Waals surface area contributed by atoms with Crippen molar-refractivity contribution in [3.63, 3.8) is 0 Å². The maximum Gasteiger partial charge on any atom is 0.271 e. The highest BCUT2D eigenvalue weighted by Crippen LogP contribution is 2.24. The number of fused-ring (bicyclic) bond motifs is 2. The molecule has 4 aromatic rings. The van der Waals surface area contributed by atoms with Crippen LogP contribution < -0.4 is 15.6 Å². The Morgan fingerprint density at radius 1 is 1.11 bits per heavy atom. The summed E-state index contributed by atoms with van der Waals surface area (Å²) in [6, 6.07) is 10.9. The van der Waals surface area contributed by atoms with Crippen molar-refractivity contribution in [3.05, 3.63) is 70.0 Å². The summed E-state index contributed by atoms with van der Waals surface area (Å²) in [6.45, 7) is 2.22. The van der Waals surface area contributed by atoms with E-state index in [1.54, 1.807) is 12.1 Å². The third-order valence-electron chi connectivity index (χ3n) is 6.81. The Hall–Kier alpha value is -3.43. The van der Waals surface area contributed by atoms with Crippen molar-refractivity contribution >= 4 is 22.1 Å². The number of H-pyrrole nitrogens is 1. The maximum atomic E-state index is 14.5. The van der Waals surface area contributed by atoms with Crippen LogP contribution in [0.15, 0.2) is 47.4 Å². The average Bonchev–Trinajstić information content (AvgIpc) is 2.91. The molecule has 0 fully saturated rings. The zero-order valence-corrected chi connectivity index (χ0v) is 20.7. The van der Waals surface area contributed by atoms with Crippen molar-refractivity contribution in [3.8, 4) is 5.88 Å². The number of para-hydroxylation sites is 2. The van der Waals surface area contributed by atoms with Crippen molar-refractivity contribution < 1.29 is 14.2 Å². The number of ether oxygens (including phenoxy) is 1. The number of aromatic nitrogens is 4. The van der Waals surface area contributed by atoms with E-state index in [9.17, 15) is 14.3 Å². The van der Waals surface area contributed by atoms with Crippen LogP contribution in [0.3, 0.4) is 0 Å². The summed E-state index contributed by atoms with van der Waals surface area (Å²) in [6.07, 6.45) is 5.65. The summed E-state index contributed by atoms with van der Waals surface area (Å²) in [4.78, 5) is 28.3. The number of halogens is 1. The molecule has 9 heteroatoms. The predicted octanol–water partition coefficient (Wildman–Crippen LogP) is 4.05. The van der Waals surface area contributed by atoms with E-state index in [0.29, 0.717) is 46.5 Å². The van der Waals surface area contributed by atoms with Crippen molar-refractivity contribution in [2.75, 3.05) is 13.7 Å². The molecule has 4 rings (SSSR count). The van der Waals surface area contributed by atoms with E-state index in [1.807, 2.05) is 31.2 Å². The van der Waals surface area contributed by atoms with Gasteiger partial charge in [-0.15, -0.1) is 0 Å². The molecule has 0 bridgehead atoms. The van der Waals surface area contributed by atoms with Gasteiger partial charge in [-0.2, -0.15) is 0 Å². The Kier molecular flexibility index (Phi) is 8.22. The quantitative estimate of drug-likeness (QED) is 0.255. The second-order valence-electron chi connectivity index (χ2n) is 9.04. The molecule has 0 amide bonds. The molecule has 0 spiro atoms. The highest BCUT2D eigenvalue weighted by atomic mass is 19.1. The summed E-state index contributed by atoms with van der Waals surface area (Å²) < 4.78 is 19.7. The Morgan fingerprint density at radius 3 is 2.72 bits per heavy atom. The summed E-state index contributed by atoms with van der Waals surface area (Å²) in [5.74, 6) is 0.0638. The van der Waals surface area contributed by atoms with Crippen LogP contribution in [0.25, 0.3) is 22.1 Å². The summed E-state index contributed by atoms with van der Waals surface area (Å²) in [5.41, 5.74) is 2.77. The number of aliphatic hydroxyl groups excluding tert-OH is 1. The molecule has 3 aromatic heterocycles. The minimum absolute atomic E-state index is 0.0533. The van der Waals surface area contributed by atoms with Gasteiger partial charge in [-0.3, -0.25) is 9.78 Å². The molecule has 0 radical (unpaired) electrons. The van der Waals surface area contributed by atoms with Crippen molar-refractivity contribution in [2.45, 2.75) is 57.5 Å². The molecule has 0 aliphatic rings. The number of unbranched alkanes of at least 4 members (excludes halogenated alkanes) is 2. The molecule has 0 aliphatic carbocycles. The minimum Gasteiger partial charge on any atom is -0.481 e. The number of aliphatic hydroxyl groups is 1. The fourth-order valence-corrected chi connectivity index (χ4v) is 4.47. The van der Waals surface area contributed by atoms with Crippen LogP contribution in [-0.4, -0.2) is 44.3 Å². The minimum atomic E-state index is -0.525. The molecule has 1 unspecified atom stereocenters. The van der Waals surface area contributed by atoms with Gasteiger partial charge in [-0.1, -0.05) is 31.9 Å². The second kappa shape index (κ2) is 11.5. The second-order valence-corrected chi connectivity index (χ2v) is 9.04. The first-order valence-corrected chi connectivity index (χ1v) is 12.3. The smallest absolute Gasteiger partial charge is 0.271 e. The van der Waals surface area contributed by atoms with E-state index >= 15 is 0 Å². The van der Waals surface area contributed by atoms with E-state index in [2.05, 4.69) is 25.3 Å². The molecule has 0 saturated heterocycles. The lowest BCUT2D eigenvalue weighted by molar-refractivity contribution is 0.141. The van der Waals surface area contributed by atoms with E-state index in [1.165, 1.54) is 13.3 Å². The lowest BCUT2D eigenvalue weighted by Crippen LogP contribution is -2.48. The molecule has 36 heavy (non-hydrogen) atoms. The molecule has 3 heterocycles. The summed E-state index contributed by atoms with van der Waals surface area (Å²) in [7, 11) is 1.53. The third kappa shape index (κ3) is 5.68. The van der Waals surface area contributed by atoms with Crippen LogP contribution in [0, 0.1) is 5.82 Å². The monoisotopic (exact) mass is 493 g/mol. The highest BCUT2D eigenvalue weighted by Gasteiger charge is 2.26. The van der Waals surface area contributed by atoms with Crippen LogP contribution >= 0.6 is 0 Å². The van der Waals surface area contributed by atoms with Crippen LogP contribution in [-0.2, 0) is 13.0 Å². The number of rotatable bonds is 12. The Bertz CT molecular complexity index is 1390. The average molecular weight is 494 g/mol. The van der Waals surface area contributed by atoms with Crippen LogP contribution in [0.2, 0.25) is 0 Å². The van der Waals surface area contributed by atoms with Gasteiger partial charge in [0.05, 0.1) is 42.0 Å². The molecular weight excluding hydrogens is 461 g/mol. The third-order valence-corrected chi connectivity index (χ3v) is 6.81. The first-order valence-electron chi connectivity index (χ1n) is 12.3. The number of hydrogen-bond acceptors (Lipinski definition) is 7. The first kappa shape index (κ1) is 25.7. The maximum absolute atomic E-state index is 14.5. The van der Waals surface area contributed by atoms with Crippen molar-refractivity contribution in [1.82, 2.24) is 25.3 Å². The highest BCUT2D eigenvalue weighted by molar-refractivity contribution is 5.78. The van der Waals surface area contributed by atoms with Crippen molar-refractivity contribution in [2.24, 2.45) is 0 Å². The van der Waals surface area contributed by atoms with Gasteiger partial charge in [0, 0.05) is 23.7 Å². The molecule has 3 N–H and O–H groups in total. The lowest BCUT2D eigenvalue weighted by Gasteiger charge is -2.32. The van der Waals surface area contributed by atoms with Crippen LogP contribution in [0.5, 0.6) is 5.88 Å². The van der Waals surface area contributed by atoms with Gasteiger partial charge < -0.3 is 20.1 Å². The largest absolute Gasteiger partial charge is 0.481 e.